The van der Waals surface area contributed by atoms with Crippen molar-refractivity contribution in [3.05, 3.63) is 94.0 Å². The lowest BCUT2D eigenvalue weighted by Gasteiger charge is -2.23. The number of fused-ring (bicyclic) bond motifs is 1. The van der Waals surface area contributed by atoms with Crippen LogP contribution in [0, 0.1) is 6.92 Å². The molecule has 0 N–H and O–H groups in total. The summed E-state index contributed by atoms with van der Waals surface area (Å²) in [5, 5.41) is 1.37. The number of benzene rings is 3. The smallest absolute Gasteiger partial charge is 0.260 e. The summed E-state index contributed by atoms with van der Waals surface area (Å²) in [5.41, 5.74) is 4.98. The predicted molar refractivity (Wildman–Crippen MR) is 136 cm³/mol. The molecule has 1 unspecified atom stereocenters. The molecule has 0 saturated carbocycles. The highest BCUT2D eigenvalue weighted by molar-refractivity contribution is 7.22. The van der Waals surface area contributed by atoms with Crippen molar-refractivity contribution in [1.29, 1.82) is 0 Å². The van der Waals surface area contributed by atoms with Gasteiger partial charge in [0.2, 0.25) is 0 Å². The Morgan fingerprint density at radius 3 is 2.61 bits per heavy atom. The summed E-state index contributed by atoms with van der Waals surface area (Å²) >= 11 is 7.76. The second-order valence-electron chi connectivity index (χ2n) is 8.48. The normalized spacial score (nSPS) is 15.8. The number of halogens is 1. The molecule has 0 bridgehead atoms. The number of rotatable bonds is 6. The lowest BCUT2D eigenvalue weighted by Crippen LogP contribution is -2.37. The van der Waals surface area contributed by atoms with Gasteiger partial charge in [-0.05, 0) is 67.1 Å². The third-order valence-corrected chi connectivity index (χ3v) is 7.22. The van der Waals surface area contributed by atoms with Gasteiger partial charge in [0, 0.05) is 17.2 Å². The van der Waals surface area contributed by atoms with Gasteiger partial charge < -0.3 is 4.74 Å². The average molecular weight is 477 g/mol. The van der Waals surface area contributed by atoms with Crippen LogP contribution >= 0.6 is 22.9 Å². The van der Waals surface area contributed by atoms with Crippen LogP contribution in [-0.4, -0.2) is 30.1 Å². The number of hydrogen-bond donors (Lipinski definition) is 0. The minimum Gasteiger partial charge on any atom is -0.376 e. The van der Waals surface area contributed by atoms with E-state index in [4.69, 9.17) is 21.3 Å². The summed E-state index contributed by atoms with van der Waals surface area (Å²) in [7, 11) is 0. The zero-order valence-electron chi connectivity index (χ0n) is 18.5. The van der Waals surface area contributed by atoms with Crippen LogP contribution < -0.4 is 4.90 Å². The van der Waals surface area contributed by atoms with Gasteiger partial charge in [0.05, 0.1) is 22.9 Å². The molecule has 1 amide bonds. The summed E-state index contributed by atoms with van der Waals surface area (Å²) in [5.74, 6) is -0.0560. The Morgan fingerprint density at radius 2 is 1.88 bits per heavy atom. The number of aromatic nitrogens is 1. The largest absolute Gasteiger partial charge is 0.376 e. The van der Waals surface area contributed by atoms with Gasteiger partial charge in [-0.25, -0.2) is 4.98 Å². The molecule has 1 saturated heterocycles. The number of aryl methyl sites for hydroxylation is 1. The second-order valence-corrected chi connectivity index (χ2v) is 9.92. The maximum Gasteiger partial charge on any atom is 0.260 e. The Bertz CT molecular complexity index is 1260. The molecule has 0 radical (unpaired) electrons. The summed E-state index contributed by atoms with van der Waals surface area (Å²) in [6, 6.07) is 22.1. The Hall–Kier alpha value is -2.73. The molecule has 6 heteroatoms. The molecule has 33 heavy (non-hydrogen) atoms. The summed E-state index contributed by atoms with van der Waals surface area (Å²) < 4.78 is 6.84. The van der Waals surface area contributed by atoms with Crippen LogP contribution in [0.15, 0.2) is 66.7 Å². The van der Waals surface area contributed by atoms with E-state index in [0.29, 0.717) is 22.3 Å². The van der Waals surface area contributed by atoms with Crippen LogP contribution in [0.5, 0.6) is 0 Å². The summed E-state index contributed by atoms with van der Waals surface area (Å²) in [4.78, 5) is 20.2. The molecule has 3 aromatic carbocycles. The molecule has 1 aliphatic heterocycles. The molecule has 0 spiro atoms. The molecule has 1 fully saturated rings. The van der Waals surface area contributed by atoms with Crippen molar-refractivity contribution in [2.45, 2.75) is 32.3 Å². The number of hydrogen-bond acceptors (Lipinski definition) is 4. The van der Waals surface area contributed by atoms with Crippen LogP contribution in [0.1, 0.15) is 39.9 Å². The molecule has 4 aromatic rings. The number of carbonyl (C=O) groups is 1. The zero-order valence-corrected chi connectivity index (χ0v) is 20.0. The number of nitrogens with zero attached hydrogens (tertiary/aromatic N) is 2. The average Bonchev–Trinajstić information content (AvgIpc) is 3.48. The van der Waals surface area contributed by atoms with Crippen molar-refractivity contribution in [3.63, 3.8) is 0 Å². The van der Waals surface area contributed by atoms with Crippen molar-refractivity contribution < 1.29 is 9.53 Å². The van der Waals surface area contributed by atoms with Gasteiger partial charge in [0.1, 0.15) is 0 Å². The monoisotopic (exact) mass is 476 g/mol. The van der Waals surface area contributed by atoms with Gasteiger partial charge in [-0.15, -0.1) is 0 Å². The van der Waals surface area contributed by atoms with E-state index in [2.05, 4.69) is 12.1 Å². The van der Waals surface area contributed by atoms with Crippen molar-refractivity contribution in [2.75, 3.05) is 18.1 Å². The van der Waals surface area contributed by atoms with Gasteiger partial charge in [-0.3, -0.25) is 9.69 Å². The minimum absolute atomic E-state index is 0.0306. The third-order valence-electron chi connectivity index (χ3n) is 5.98. The van der Waals surface area contributed by atoms with E-state index in [9.17, 15) is 4.79 Å². The van der Waals surface area contributed by atoms with Crippen molar-refractivity contribution >= 4 is 44.2 Å². The van der Waals surface area contributed by atoms with E-state index >= 15 is 0 Å². The number of amides is 1. The van der Waals surface area contributed by atoms with Gasteiger partial charge in [-0.1, -0.05) is 65.4 Å². The molecule has 168 valence electrons. The van der Waals surface area contributed by atoms with E-state index in [-0.39, 0.29) is 12.0 Å². The van der Waals surface area contributed by atoms with Gasteiger partial charge in [0.25, 0.3) is 5.91 Å². The van der Waals surface area contributed by atoms with Crippen molar-refractivity contribution in [3.8, 4) is 0 Å². The highest BCUT2D eigenvalue weighted by Gasteiger charge is 2.27. The first kappa shape index (κ1) is 22.1. The third kappa shape index (κ3) is 4.96. The zero-order chi connectivity index (χ0) is 22.8. The standard InChI is InChI=1S/C27H25ClN2O2S/c1-18-14-22(28)16-24-25(18)29-27(33-24)30(17-23-8-5-13-32-23)26(31)21-11-9-20(10-12-21)15-19-6-3-2-4-7-19/h2-4,6-7,9-12,14,16,23H,5,8,13,15,17H2,1H3. The number of carbonyl (C=O) groups excluding carboxylic acids is 1. The van der Waals surface area contributed by atoms with Crippen molar-refractivity contribution in [1.82, 2.24) is 4.98 Å². The lowest BCUT2D eigenvalue weighted by molar-refractivity contribution is 0.0917. The predicted octanol–water partition coefficient (Wildman–Crippen LogP) is 6.67. The second kappa shape index (κ2) is 9.64. The highest BCUT2D eigenvalue weighted by atomic mass is 35.5. The Labute approximate surface area is 202 Å². The Balaban J connectivity index is 1.43. The van der Waals surface area contributed by atoms with Gasteiger partial charge in [0.15, 0.2) is 5.13 Å². The first-order valence-corrected chi connectivity index (χ1v) is 12.4. The van der Waals surface area contributed by atoms with Crippen LogP contribution in [0.4, 0.5) is 5.13 Å². The van der Waals surface area contributed by atoms with E-state index in [1.807, 2.05) is 61.5 Å². The lowest BCUT2D eigenvalue weighted by atomic mass is 10.0. The molecule has 0 aliphatic carbocycles. The van der Waals surface area contributed by atoms with Crippen LogP contribution in [0.3, 0.4) is 0 Å². The molecule has 2 heterocycles. The molecule has 1 aromatic heterocycles. The molecular weight excluding hydrogens is 452 g/mol. The maximum absolute atomic E-state index is 13.6. The van der Waals surface area contributed by atoms with Crippen LogP contribution in [0.25, 0.3) is 10.2 Å². The molecule has 1 aliphatic rings. The topological polar surface area (TPSA) is 42.4 Å². The first-order valence-electron chi connectivity index (χ1n) is 11.2. The maximum atomic E-state index is 13.6. The highest BCUT2D eigenvalue weighted by Crippen LogP contribution is 2.34. The molecule has 1 atom stereocenters. The van der Waals surface area contributed by atoms with Gasteiger partial charge >= 0.3 is 0 Å². The quantitative estimate of drug-likeness (QED) is 0.312. The summed E-state index contributed by atoms with van der Waals surface area (Å²) in [6.45, 7) is 3.24. The number of thiazole rings is 1. The van der Waals surface area contributed by atoms with Crippen LogP contribution in [0.2, 0.25) is 5.02 Å². The SMILES string of the molecule is Cc1cc(Cl)cc2sc(N(CC3CCCO3)C(=O)c3ccc(Cc4ccccc4)cc3)nc12. The van der Waals surface area contributed by atoms with Crippen LogP contribution in [-0.2, 0) is 11.2 Å². The molecular formula is C27H25ClN2O2S. The fraction of sp³-hybridized carbons (Fsp3) is 0.259. The van der Waals surface area contributed by atoms with E-state index < -0.39 is 0 Å². The van der Waals surface area contributed by atoms with E-state index in [0.717, 1.165) is 41.6 Å². The first-order chi connectivity index (χ1) is 16.1. The molecule has 4 nitrogen and oxygen atoms in total. The van der Waals surface area contributed by atoms with Crippen molar-refractivity contribution in [2.24, 2.45) is 0 Å². The summed E-state index contributed by atoms with van der Waals surface area (Å²) in [6.07, 6.45) is 2.85. The minimum atomic E-state index is -0.0560. The van der Waals surface area contributed by atoms with Gasteiger partial charge in [-0.2, -0.15) is 0 Å². The number of ether oxygens (including phenoxy) is 1. The Kier molecular flexibility index (Phi) is 6.45. The van der Waals surface area contributed by atoms with E-state index in [1.165, 1.54) is 22.5 Å². The molecule has 5 rings (SSSR count). The fourth-order valence-corrected chi connectivity index (χ4v) is 5.68. The fourth-order valence-electron chi connectivity index (χ4n) is 4.25. The number of anilines is 1. The Morgan fingerprint density at radius 1 is 1.12 bits per heavy atom. The van der Waals surface area contributed by atoms with E-state index in [1.54, 1.807) is 4.90 Å².